The molecule has 114 valence electrons. The summed E-state index contributed by atoms with van der Waals surface area (Å²) in [6, 6.07) is 5.72. The van der Waals surface area contributed by atoms with Crippen LogP contribution in [0.3, 0.4) is 0 Å². The summed E-state index contributed by atoms with van der Waals surface area (Å²) in [6.45, 7) is 2.16. The Morgan fingerprint density at radius 2 is 2.14 bits per heavy atom. The first-order valence-electron chi connectivity index (χ1n) is 7.30. The number of hydrogen-bond acceptors (Lipinski definition) is 5. The standard InChI is InChI=1S/C15H20N2O4/c18-12(9-16-11-2-4-15(19)17-8-11)10-1-3-13-14(7-10)21-6-5-20-13/h1,3,7,11-12,16,18H,2,4-6,8-9H2,(H,17,19). The molecule has 1 amide bonds. The van der Waals surface area contributed by atoms with Crippen LogP contribution in [0, 0.1) is 0 Å². The molecule has 0 bridgehead atoms. The number of fused-ring (bicyclic) bond motifs is 1. The maximum atomic E-state index is 11.1. The molecule has 0 saturated carbocycles. The van der Waals surface area contributed by atoms with Crippen molar-refractivity contribution in [2.75, 3.05) is 26.3 Å². The van der Waals surface area contributed by atoms with Gasteiger partial charge in [0.05, 0.1) is 6.10 Å². The largest absolute Gasteiger partial charge is 0.486 e. The molecule has 0 aliphatic carbocycles. The maximum absolute atomic E-state index is 11.1. The Balaban J connectivity index is 1.55. The van der Waals surface area contributed by atoms with Crippen LogP contribution in [0.15, 0.2) is 18.2 Å². The van der Waals surface area contributed by atoms with Gasteiger partial charge in [-0.3, -0.25) is 4.79 Å². The van der Waals surface area contributed by atoms with Crippen LogP contribution in [-0.2, 0) is 4.79 Å². The topological polar surface area (TPSA) is 79.8 Å². The number of aliphatic hydroxyl groups is 1. The van der Waals surface area contributed by atoms with Gasteiger partial charge in [-0.05, 0) is 24.1 Å². The van der Waals surface area contributed by atoms with Gasteiger partial charge in [0.1, 0.15) is 13.2 Å². The minimum Gasteiger partial charge on any atom is -0.486 e. The quantitative estimate of drug-likeness (QED) is 0.747. The van der Waals surface area contributed by atoms with E-state index in [-0.39, 0.29) is 11.9 Å². The second-order valence-corrected chi connectivity index (χ2v) is 5.37. The zero-order valence-electron chi connectivity index (χ0n) is 11.8. The molecular formula is C15H20N2O4. The Morgan fingerprint density at radius 1 is 1.33 bits per heavy atom. The molecule has 1 saturated heterocycles. The van der Waals surface area contributed by atoms with Gasteiger partial charge in [-0.25, -0.2) is 0 Å². The molecule has 6 heteroatoms. The SMILES string of the molecule is O=C1CCC(NCC(O)c2ccc3c(c2)OCCO3)CN1. The number of hydrogen-bond donors (Lipinski definition) is 3. The van der Waals surface area contributed by atoms with E-state index in [1.807, 2.05) is 18.2 Å². The van der Waals surface area contributed by atoms with E-state index >= 15 is 0 Å². The number of ether oxygens (including phenoxy) is 2. The monoisotopic (exact) mass is 292 g/mol. The highest BCUT2D eigenvalue weighted by Crippen LogP contribution is 2.32. The highest BCUT2D eigenvalue weighted by molar-refractivity contribution is 5.76. The van der Waals surface area contributed by atoms with Crippen LogP contribution in [0.1, 0.15) is 24.5 Å². The molecule has 2 heterocycles. The normalized spacial score (nSPS) is 22.5. The van der Waals surface area contributed by atoms with Crippen LogP contribution < -0.4 is 20.1 Å². The van der Waals surface area contributed by atoms with Crippen LogP contribution >= 0.6 is 0 Å². The van der Waals surface area contributed by atoms with Gasteiger partial charge < -0.3 is 25.2 Å². The first-order chi connectivity index (χ1) is 10.2. The summed E-state index contributed by atoms with van der Waals surface area (Å²) in [7, 11) is 0. The molecule has 6 nitrogen and oxygen atoms in total. The van der Waals surface area contributed by atoms with Gasteiger partial charge in [-0.15, -0.1) is 0 Å². The fourth-order valence-electron chi connectivity index (χ4n) is 2.57. The van der Waals surface area contributed by atoms with Crippen LogP contribution in [0.2, 0.25) is 0 Å². The Hall–Kier alpha value is -1.79. The Bertz CT molecular complexity index is 510. The van der Waals surface area contributed by atoms with Crippen molar-refractivity contribution in [1.29, 1.82) is 0 Å². The highest BCUT2D eigenvalue weighted by Gasteiger charge is 2.20. The summed E-state index contributed by atoms with van der Waals surface area (Å²) < 4.78 is 11.0. The van der Waals surface area contributed by atoms with Crippen LogP contribution in [0.4, 0.5) is 0 Å². The van der Waals surface area contributed by atoms with E-state index in [4.69, 9.17) is 9.47 Å². The molecular weight excluding hydrogens is 272 g/mol. The fourth-order valence-corrected chi connectivity index (χ4v) is 2.57. The molecule has 1 aromatic carbocycles. The minimum absolute atomic E-state index is 0.0976. The number of amides is 1. The lowest BCUT2D eigenvalue weighted by Crippen LogP contribution is -2.46. The molecule has 1 aromatic rings. The first-order valence-corrected chi connectivity index (χ1v) is 7.30. The van der Waals surface area contributed by atoms with E-state index in [9.17, 15) is 9.90 Å². The lowest BCUT2D eigenvalue weighted by Gasteiger charge is -2.25. The lowest BCUT2D eigenvalue weighted by molar-refractivity contribution is -0.122. The van der Waals surface area contributed by atoms with Crippen molar-refractivity contribution in [1.82, 2.24) is 10.6 Å². The Kier molecular flexibility index (Phi) is 4.26. The van der Waals surface area contributed by atoms with E-state index in [0.717, 1.165) is 17.7 Å². The first kappa shape index (κ1) is 14.2. The van der Waals surface area contributed by atoms with Crippen molar-refractivity contribution in [3.05, 3.63) is 23.8 Å². The van der Waals surface area contributed by atoms with E-state index < -0.39 is 6.10 Å². The minimum atomic E-state index is -0.613. The number of nitrogens with one attached hydrogen (secondary N) is 2. The van der Waals surface area contributed by atoms with Gasteiger partial charge in [-0.2, -0.15) is 0 Å². The Morgan fingerprint density at radius 3 is 2.90 bits per heavy atom. The average molecular weight is 292 g/mol. The number of carbonyl (C=O) groups is 1. The molecule has 2 unspecified atom stereocenters. The third-order valence-electron chi connectivity index (χ3n) is 3.82. The zero-order chi connectivity index (χ0) is 14.7. The molecule has 1 fully saturated rings. The van der Waals surface area contributed by atoms with Crippen molar-refractivity contribution < 1.29 is 19.4 Å². The number of benzene rings is 1. The predicted octanol–water partition coefficient (Wildman–Crippen LogP) is 0.359. The van der Waals surface area contributed by atoms with Crippen molar-refractivity contribution >= 4 is 5.91 Å². The van der Waals surface area contributed by atoms with Crippen molar-refractivity contribution in [2.45, 2.75) is 25.0 Å². The third-order valence-corrected chi connectivity index (χ3v) is 3.82. The number of piperidine rings is 1. The van der Waals surface area contributed by atoms with Crippen LogP contribution in [0.5, 0.6) is 11.5 Å². The van der Waals surface area contributed by atoms with Gasteiger partial charge in [0.2, 0.25) is 5.91 Å². The molecule has 0 spiro atoms. The summed E-state index contributed by atoms with van der Waals surface area (Å²) in [5.74, 6) is 1.50. The van der Waals surface area contributed by atoms with E-state index in [1.54, 1.807) is 0 Å². The molecule has 21 heavy (non-hydrogen) atoms. The van der Waals surface area contributed by atoms with E-state index in [0.29, 0.717) is 38.5 Å². The maximum Gasteiger partial charge on any atom is 0.220 e. The number of aliphatic hydroxyl groups excluding tert-OH is 1. The zero-order valence-corrected chi connectivity index (χ0v) is 11.8. The fraction of sp³-hybridized carbons (Fsp3) is 0.533. The molecule has 0 radical (unpaired) electrons. The van der Waals surface area contributed by atoms with Gasteiger partial charge in [0.15, 0.2) is 11.5 Å². The van der Waals surface area contributed by atoms with Gasteiger partial charge >= 0.3 is 0 Å². The van der Waals surface area contributed by atoms with Gasteiger partial charge in [-0.1, -0.05) is 6.07 Å². The van der Waals surface area contributed by atoms with Crippen molar-refractivity contribution in [2.24, 2.45) is 0 Å². The summed E-state index contributed by atoms with van der Waals surface area (Å²) in [4.78, 5) is 11.1. The van der Waals surface area contributed by atoms with Gasteiger partial charge in [0.25, 0.3) is 0 Å². The summed E-state index contributed by atoms with van der Waals surface area (Å²) in [5.41, 5.74) is 0.798. The third kappa shape index (κ3) is 3.46. The molecule has 2 atom stereocenters. The van der Waals surface area contributed by atoms with E-state index in [1.165, 1.54) is 0 Å². The summed E-state index contributed by atoms with van der Waals surface area (Å²) in [6.07, 6.45) is 0.732. The highest BCUT2D eigenvalue weighted by atomic mass is 16.6. The number of rotatable bonds is 4. The predicted molar refractivity (Wildman–Crippen MR) is 76.4 cm³/mol. The smallest absolute Gasteiger partial charge is 0.220 e. The average Bonchev–Trinajstić information content (AvgIpc) is 2.53. The van der Waals surface area contributed by atoms with E-state index in [2.05, 4.69) is 10.6 Å². The van der Waals surface area contributed by atoms with Crippen molar-refractivity contribution in [3.8, 4) is 11.5 Å². The van der Waals surface area contributed by atoms with Crippen LogP contribution in [-0.4, -0.2) is 43.4 Å². The molecule has 2 aliphatic rings. The second kappa shape index (κ2) is 6.32. The molecule has 3 rings (SSSR count). The number of carbonyl (C=O) groups excluding carboxylic acids is 1. The molecule has 2 aliphatic heterocycles. The summed E-state index contributed by atoms with van der Waals surface area (Å²) in [5, 5.41) is 16.4. The van der Waals surface area contributed by atoms with Crippen molar-refractivity contribution in [3.63, 3.8) is 0 Å². The second-order valence-electron chi connectivity index (χ2n) is 5.37. The van der Waals surface area contributed by atoms with Gasteiger partial charge in [0, 0.05) is 25.6 Å². The lowest BCUT2D eigenvalue weighted by atomic mass is 10.1. The molecule has 3 N–H and O–H groups in total. The van der Waals surface area contributed by atoms with Crippen LogP contribution in [0.25, 0.3) is 0 Å². The molecule has 0 aromatic heterocycles. The summed E-state index contributed by atoms with van der Waals surface area (Å²) >= 11 is 0. The Labute approximate surface area is 123 Å².